The predicted octanol–water partition coefficient (Wildman–Crippen LogP) is 1.53. The number of alkyl carbamates (subject to hydrolysis) is 1. The van der Waals surface area contributed by atoms with Gasteiger partial charge >= 0.3 is 6.09 Å². The van der Waals surface area contributed by atoms with Crippen LogP contribution in [0.1, 0.15) is 27.2 Å². The van der Waals surface area contributed by atoms with Crippen LogP contribution >= 0.6 is 0 Å². The predicted molar refractivity (Wildman–Crippen MR) is 42.3 cm³/mol. The van der Waals surface area contributed by atoms with Gasteiger partial charge in [-0.05, 0) is 12.3 Å². The van der Waals surface area contributed by atoms with Gasteiger partial charge in [0.15, 0.2) is 0 Å². The first-order chi connectivity index (χ1) is 5.15. The van der Waals surface area contributed by atoms with Crippen LogP contribution in [0, 0.1) is 5.92 Å². The fourth-order valence-electron chi connectivity index (χ4n) is 1.41. The molecule has 1 N–H and O–H groups in total. The molecule has 1 saturated heterocycles. The highest BCUT2D eigenvalue weighted by atomic mass is 16.6. The maximum absolute atomic E-state index is 10.8. The van der Waals surface area contributed by atoms with Gasteiger partial charge in [0.2, 0.25) is 0 Å². The van der Waals surface area contributed by atoms with Gasteiger partial charge in [0.25, 0.3) is 0 Å². The lowest BCUT2D eigenvalue weighted by Crippen LogP contribution is -2.35. The summed E-state index contributed by atoms with van der Waals surface area (Å²) in [7, 11) is 0. The molecule has 3 nitrogen and oxygen atoms in total. The third-order valence-electron chi connectivity index (χ3n) is 2.06. The molecule has 1 fully saturated rings. The van der Waals surface area contributed by atoms with Crippen molar-refractivity contribution in [2.45, 2.75) is 39.3 Å². The summed E-state index contributed by atoms with van der Waals surface area (Å²) in [6.45, 7) is 6.20. The maximum Gasteiger partial charge on any atom is 0.407 e. The average Bonchev–Trinajstić information content (AvgIpc) is 2.30. The minimum atomic E-state index is -0.268. The second-order valence-corrected chi connectivity index (χ2v) is 3.27. The molecule has 0 saturated carbocycles. The first-order valence-corrected chi connectivity index (χ1v) is 4.12. The van der Waals surface area contributed by atoms with Gasteiger partial charge in [-0.25, -0.2) is 4.79 Å². The van der Waals surface area contributed by atoms with Crippen molar-refractivity contribution in [1.29, 1.82) is 0 Å². The second kappa shape index (κ2) is 3.11. The molecule has 0 aliphatic carbocycles. The minimum Gasteiger partial charge on any atom is -0.444 e. The summed E-state index contributed by atoms with van der Waals surface area (Å²) in [4.78, 5) is 10.8. The Balaban J connectivity index is 2.57. The number of cyclic esters (lactones) is 1. The Morgan fingerprint density at radius 1 is 1.64 bits per heavy atom. The van der Waals surface area contributed by atoms with Crippen molar-refractivity contribution in [3.05, 3.63) is 0 Å². The standard InChI is InChI=1S/C8H15NO2/c1-4-6-7(5(2)3)9-8(10)11-6/h5-7H,4H2,1-3H3,(H,9,10)/t6-,7+/m1/s1. The number of amides is 1. The number of hydrogen-bond donors (Lipinski definition) is 1. The Morgan fingerprint density at radius 2 is 2.27 bits per heavy atom. The number of carbonyl (C=O) groups is 1. The monoisotopic (exact) mass is 157 g/mol. The van der Waals surface area contributed by atoms with Gasteiger partial charge in [0.1, 0.15) is 6.10 Å². The second-order valence-electron chi connectivity index (χ2n) is 3.27. The molecule has 0 bridgehead atoms. The van der Waals surface area contributed by atoms with Crippen LogP contribution in [0.4, 0.5) is 4.79 Å². The molecule has 0 aromatic heterocycles. The quantitative estimate of drug-likeness (QED) is 0.660. The summed E-state index contributed by atoms with van der Waals surface area (Å²) in [6, 6.07) is 0.201. The van der Waals surface area contributed by atoms with E-state index < -0.39 is 0 Å². The molecule has 3 heteroatoms. The number of nitrogens with one attached hydrogen (secondary N) is 1. The largest absolute Gasteiger partial charge is 0.444 e. The molecule has 1 aliphatic rings. The fourth-order valence-corrected chi connectivity index (χ4v) is 1.41. The third kappa shape index (κ3) is 1.64. The third-order valence-corrected chi connectivity index (χ3v) is 2.06. The molecule has 11 heavy (non-hydrogen) atoms. The van der Waals surface area contributed by atoms with Crippen molar-refractivity contribution in [3.63, 3.8) is 0 Å². The lowest BCUT2D eigenvalue weighted by molar-refractivity contribution is 0.123. The molecule has 1 amide bonds. The highest BCUT2D eigenvalue weighted by Gasteiger charge is 2.34. The Labute approximate surface area is 67.1 Å². The van der Waals surface area contributed by atoms with E-state index in [-0.39, 0.29) is 18.2 Å². The van der Waals surface area contributed by atoms with Gasteiger partial charge in [-0.3, -0.25) is 0 Å². The van der Waals surface area contributed by atoms with Crippen molar-refractivity contribution < 1.29 is 9.53 Å². The van der Waals surface area contributed by atoms with Crippen molar-refractivity contribution in [2.24, 2.45) is 5.92 Å². The Bertz CT molecular complexity index is 156. The average molecular weight is 157 g/mol. The normalized spacial score (nSPS) is 30.4. The van der Waals surface area contributed by atoms with Gasteiger partial charge in [0, 0.05) is 0 Å². The molecule has 0 aromatic carbocycles. The molecule has 2 atom stereocenters. The van der Waals surface area contributed by atoms with E-state index in [1.807, 2.05) is 6.92 Å². The van der Waals surface area contributed by atoms with Crippen LogP contribution in [-0.4, -0.2) is 18.2 Å². The van der Waals surface area contributed by atoms with Crippen LogP contribution in [0.2, 0.25) is 0 Å². The Kier molecular flexibility index (Phi) is 2.37. The maximum atomic E-state index is 10.8. The van der Waals surface area contributed by atoms with Gasteiger partial charge in [-0.1, -0.05) is 20.8 Å². The van der Waals surface area contributed by atoms with Crippen LogP contribution in [-0.2, 0) is 4.74 Å². The SMILES string of the molecule is CC[C@H]1OC(=O)N[C@H]1C(C)C. The first-order valence-electron chi connectivity index (χ1n) is 4.12. The first kappa shape index (κ1) is 8.37. The summed E-state index contributed by atoms with van der Waals surface area (Å²) < 4.78 is 5.03. The lowest BCUT2D eigenvalue weighted by Gasteiger charge is -2.18. The van der Waals surface area contributed by atoms with Crippen molar-refractivity contribution in [3.8, 4) is 0 Å². The Hall–Kier alpha value is -0.730. The summed E-state index contributed by atoms with van der Waals surface area (Å²) in [5.74, 6) is 0.450. The molecule has 0 unspecified atom stereocenters. The molecule has 64 valence electrons. The van der Waals surface area contributed by atoms with Crippen molar-refractivity contribution in [1.82, 2.24) is 5.32 Å². The van der Waals surface area contributed by atoms with Crippen LogP contribution < -0.4 is 5.32 Å². The number of hydrogen-bond acceptors (Lipinski definition) is 2. The molecule has 0 aromatic rings. The van der Waals surface area contributed by atoms with E-state index in [4.69, 9.17) is 4.74 Å². The van der Waals surface area contributed by atoms with Crippen LogP contribution in [0.3, 0.4) is 0 Å². The zero-order chi connectivity index (χ0) is 8.43. The van der Waals surface area contributed by atoms with Gasteiger partial charge in [-0.2, -0.15) is 0 Å². The molecule has 0 radical (unpaired) electrons. The molecular weight excluding hydrogens is 142 g/mol. The van der Waals surface area contributed by atoms with E-state index in [0.717, 1.165) is 6.42 Å². The fraction of sp³-hybridized carbons (Fsp3) is 0.875. The topological polar surface area (TPSA) is 38.3 Å². The van der Waals surface area contributed by atoms with E-state index in [2.05, 4.69) is 19.2 Å². The van der Waals surface area contributed by atoms with Crippen LogP contribution in [0.5, 0.6) is 0 Å². The Morgan fingerprint density at radius 3 is 2.64 bits per heavy atom. The zero-order valence-electron chi connectivity index (χ0n) is 7.26. The summed E-state index contributed by atoms with van der Waals surface area (Å²) in [6.07, 6.45) is 0.694. The molecule has 0 spiro atoms. The molecule has 1 heterocycles. The van der Waals surface area contributed by atoms with Gasteiger partial charge in [0.05, 0.1) is 6.04 Å². The van der Waals surface area contributed by atoms with Crippen LogP contribution in [0.25, 0.3) is 0 Å². The summed E-state index contributed by atoms with van der Waals surface area (Å²) in [5, 5.41) is 2.79. The molecule has 1 aliphatic heterocycles. The van der Waals surface area contributed by atoms with E-state index in [9.17, 15) is 4.79 Å². The number of rotatable bonds is 2. The number of carbonyl (C=O) groups excluding carboxylic acids is 1. The highest BCUT2D eigenvalue weighted by molar-refractivity contribution is 5.70. The molecule has 1 rings (SSSR count). The number of ether oxygens (including phenoxy) is 1. The van der Waals surface area contributed by atoms with Crippen LogP contribution in [0.15, 0.2) is 0 Å². The molecular formula is C8H15NO2. The lowest BCUT2D eigenvalue weighted by atomic mass is 9.98. The zero-order valence-corrected chi connectivity index (χ0v) is 7.26. The minimum absolute atomic E-state index is 0.0718. The van der Waals surface area contributed by atoms with E-state index in [0.29, 0.717) is 5.92 Å². The highest BCUT2D eigenvalue weighted by Crippen LogP contribution is 2.18. The van der Waals surface area contributed by atoms with E-state index >= 15 is 0 Å². The summed E-state index contributed by atoms with van der Waals surface area (Å²) in [5.41, 5.74) is 0. The van der Waals surface area contributed by atoms with Crippen molar-refractivity contribution >= 4 is 6.09 Å². The van der Waals surface area contributed by atoms with Gasteiger partial charge in [-0.15, -0.1) is 0 Å². The smallest absolute Gasteiger partial charge is 0.407 e. The van der Waals surface area contributed by atoms with E-state index in [1.165, 1.54) is 0 Å². The van der Waals surface area contributed by atoms with Crippen molar-refractivity contribution in [2.75, 3.05) is 0 Å². The summed E-state index contributed by atoms with van der Waals surface area (Å²) >= 11 is 0. The van der Waals surface area contributed by atoms with Gasteiger partial charge < -0.3 is 10.1 Å². The van der Waals surface area contributed by atoms with E-state index in [1.54, 1.807) is 0 Å².